The number of aromatic nitrogens is 3. The van der Waals surface area contributed by atoms with Crippen molar-refractivity contribution < 1.29 is 4.74 Å². The normalized spacial score (nSPS) is 21.9. The zero-order valence-electron chi connectivity index (χ0n) is 24.2. The lowest BCUT2D eigenvalue weighted by Gasteiger charge is -2.26. The van der Waals surface area contributed by atoms with Gasteiger partial charge in [-0.1, -0.05) is 18.2 Å². The van der Waals surface area contributed by atoms with E-state index in [-0.39, 0.29) is 0 Å². The summed E-state index contributed by atoms with van der Waals surface area (Å²) in [7, 11) is 3.67. The number of benzene rings is 2. The van der Waals surface area contributed by atoms with Gasteiger partial charge in [-0.2, -0.15) is 5.26 Å². The molecule has 2 N–H and O–H groups in total. The molecule has 2 atom stereocenters. The van der Waals surface area contributed by atoms with Gasteiger partial charge < -0.3 is 24.8 Å². The number of nitrogens with zero attached hydrogens (tertiary/aromatic N) is 6. The molecule has 42 heavy (non-hydrogen) atoms. The first-order valence-corrected chi connectivity index (χ1v) is 15.2. The van der Waals surface area contributed by atoms with Gasteiger partial charge in [0.25, 0.3) is 0 Å². The van der Waals surface area contributed by atoms with Crippen molar-refractivity contribution in [2.45, 2.75) is 37.8 Å². The van der Waals surface area contributed by atoms with Crippen LogP contribution in [0.2, 0.25) is 0 Å². The highest BCUT2D eigenvalue weighted by molar-refractivity contribution is 5.96. The van der Waals surface area contributed by atoms with E-state index in [1.54, 1.807) is 13.3 Å². The molecule has 214 valence electrons. The van der Waals surface area contributed by atoms with E-state index >= 15 is 0 Å². The van der Waals surface area contributed by atoms with Gasteiger partial charge in [0.05, 0.1) is 41.6 Å². The van der Waals surface area contributed by atoms with E-state index in [2.05, 4.69) is 72.6 Å². The van der Waals surface area contributed by atoms with Crippen LogP contribution in [0.5, 0.6) is 5.75 Å². The summed E-state index contributed by atoms with van der Waals surface area (Å²) in [6.45, 7) is 4.62. The summed E-state index contributed by atoms with van der Waals surface area (Å²) in [6.07, 6.45) is 8.89. The summed E-state index contributed by atoms with van der Waals surface area (Å²) in [5, 5.41) is 17.9. The average Bonchev–Trinajstić information content (AvgIpc) is 3.94. The zero-order chi connectivity index (χ0) is 28.4. The molecule has 9 nitrogen and oxygen atoms in total. The number of hydrogen-bond acceptors (Lipinski definition) is 8. The molecule has 0 bridgehead atoms. The minimum atomic E-state index is 0.427. The van der Waals surface area contributed by atoms with Crippen molar-refractivity contribution in [3.63, 3.8) is 0 Å². The lowest BCUT2D eigenvalue weighted by Crippen LogP contribution is -2.30. The number of methoxy groups -OCH3 is 1. The SMILES string of the molecule is CNc1cc(Nc2ncc(C#N)c(-c3cn(C4CC4)c4ccccc34)n2)c(OC)cc1N1CC2CN(C3CC3)CC2C1. The summed E-state index contributed by atoms with van der Waals surface area (Å²) in [5.41, 5.74) is 6.21. The van der Waals surface area contributed by atoms with Crippen LogP contribution >= 0.6 is 0 Å². The maximum atomic E-state index is 9.96. The predicted molar refractivity (Wildman–Crippen MR) is 166 cm³/mol. The molecule has 9 heteroatoms. The Kier molecular flexibility index (Phi) is 6.00. The lowest BCUT2D eigenvalue weighted by molar-refractivity contribution is 0.306. The number of likely N-dealkylation sites (tertiary alicyclic amines) is 1. The van der Waals surface area contributed by atoms with Crippen molar-refractivity contribution >= 4 is 33.9 Å². The Morgan fingerprint density at radius 3 is 2.43 bits per heavy atom. The first-order chi connectivity index (χ1) is 20.6. The molecule has 0 radical (unpaired) electrons. The van der Waals surface area contributed by atoms with E-state index in [4.69, 9.17) is 9.72 Å². The second-order valence-corrected chi connectivity index (χ2v) is 12.3. The van der Waals surface area contributed by atoms with E-state index in [0.717, 1.165) is 59.0 Å². The molecular formula is C33H36N8O. The van der Waals surface area contributed by atoms with E-state index in [0.29, 0.717) is 23.2 Å². The molecule has 2 aliphatic heterocycles. The minimum absolute atomic E-state index is 0.427. The number of para-hydroxylation sites is 1. The van der Waals surface area contributed by atoms with Gasteiger partial charge in [-0.3, -0.25) is 4.90 Å². The largest absolute Gasteiger partial charge is 0.494 e. The third kappa shape index (κ3) is 4.33. The van der Waals surface area contributed by atoms with Crippen LogP contribution in [-0.2, 0) is 0 Å². The Bertz CT molecular complexity index is 1700. The molecule has 4 heterocycles. The van der Waals surface area contributed by atoms with E-state index < -0.39 is 0 Å². The average molecular weight is 561 g/mol. The van der Waals surface area contributed by atoms with Gasteiger partial charge >= 0.3 is 0 Å². The van der Waals surface area contributed by atoms with Gasteiger partial charge in [-0.25, -0.2) is 9.97 Å². The highest BCUT2D eigenvalue weighted by Gasteiger charge is 2.44. The first-order valence-electron chi connectivity index (χ1n) is 15.2. The Morgan fingerprint density at radius 1 is 0.976 bits per heavy atom. The fourth-order valence-corrected chi connectivity index (χ4v) is 7.16. The van der Waals surface area contributed by atoms with Gasteiger partial charge in [0, 0.05) is 74.0 Å². The molecule has 2 aliphatic carbocycles. The Hall–Kier alpha value is -4.29. The second-order valence-electron chi connectivity index (χ2n) is 12.3. The van der Waals surface area contributed by atoms with Crippen molar-refractivity contribution in [2.75, 3.05) is 55.9 Å². The van der Waals surface area contributed by atoms with Crippen molar-refractivity contribution in [3.05, 3.63) is 54.4 Å². The Morgan fingerprint density at radius 2 is 1.74 bits per heavy atom. The van der Waals surface area contributed by atoms with Crippen molar-refractivity contribution in [1.29, 1.82) is 5.26 Å². The van der Waals surface area contributed by atoms with Crippen LogP contribution in [0.15, 0.2) is 48.8 Å². The van der Waals surface area contributed by atoms with Crippen LogP contribution in [0.25, 0.3) is 22.2 Å². The summed E-state index contributed by atoms with van der Waals surface area (Å²) in [6, 6.07) is 16.2. The van der Waals surface area contributed by atoms with E-state index in [9.17, 15) is 5.26 Å². The van der Waals surface area contributed by atoms with Crippen molar-refractivity contribution in [3.8, 4) is 23.1 Å². The van der Waals surface area contributed by atoms with Crippen LogP contribution in [0.1, 0.15) is 37.3 Å². The molecule has 4 aliphatic rings. The fraction of sp³-hybridized carbons (Fsp3) is 0.424. The number of nitriles is 1. The van der Waals surface area contributed by atoms with E-state index in [1.165, 1.54) is 50.0 Å². The first kappa shape index (κ1) is 25.4. The molecule has 4 aromatic rings. The van der Waals surface area contributed by atoms with Crippen LogP contribution in [0, 0.1) is 23.2 Å². The van der Waals surface area contributed by atoms with Crippen molar-refractivity contribution in [1.82, 2.24) is 19.4 Å². The maximum Gasteiger partial charge on any atom is 0.227 e. The van der Waals surface area contributed by atoms with Gasteiger partial charge in [0.2, 0.25) is 5.95 Å². The number of hydrogen-bond donors (Lipinski definition) is 2. The lowest BCUT2D eigenvalue weighted by atomic mass is 10.0. The molecular weight excluding hydrogens is 524 g/mol. The molecule has 8 rings (SSSR count). The highest BCUT2D eigenvalue weighted by Crippen LogP contribution is 2.45. The molecule has 2 aromatic heterocycles. The predicted octanol–water partition coefficient (Wildman–Crippen LogP) is 5.63. The summed E-state index contributed by atoms with van der Waals surface area (Å²) < 4.78 is 8.22. The molecule has 2 aromatic carbocycles. The van der Waals surface area contributed by atoms with Gasteiger partial charge in [0.1, 0.15) is 11.8 Å². The standard InChI is InChI=1S/C33H36N8O/c1-35-27-11-28(31(42-2)12-30(27)40-17-21-15-39(23-7-8-23)16-22(21)18-40)37-33-36-14-20(13-34)32(38-33)26-19-41(24-9-10-24)29-6-4-3-5-25(26)29/h3-6,11-12,14,19,21-24,35H,7-10,15-18H2,1-2H3,(H,36,37,38). The zero-order valence-corrected chi connectivity index (χ0v) is 24.2. The smallest absolute Gasteiger partial charge is 0.227 e. The summed E-state index contributed by atoms with van der Waals surface area (Å²) >= 11 is 0. The molecule has 4 fully saturated rings. The Balaban J connectivity index is 1.10. The Labute approximate surface area is 246 Å². The topological polar surface area (TPSA) is 94.3 Å². The van der Waals surface area contributed by atoms with Crippen LogP contribution in [-0.4, -0.2) is 65.8 Å². The van der Waals surface area contributed by atoms with Crippen LogP contribution in [0.4, 0.5) is 23.0 Å². The van der Waals surface area contributed by atoms with Crippen molar-refractivity contribution in [2.24, 2.45) is 11.8 Å². The third-order valence-electron chi connectivity index (χ3n) is 9.60. The molecule has 2 saturated heterocycles. The maximum absolute atomic E-state index is 9.96. The number of rotatable bonds is 8. The quantitative estimate of drug-likeness (QED) is 0.286. The van der Waals surface area contributed by atoms with E-state index in [1.807, 2.05) is 13.1 Å². The number of fused-ring (bicyclic) bond motifs is 2. The molecule has 2 saturated carbocycles. The van der Waals surface area contributed by atoms with Crippen LogP contribution < -0.4 is 20.3 Å². The number of ether oxygens (including phenoxy) is 1. The number of nitrogens with one attached hydrogen (secondary N) is 2. The number of anilines is 4. The molecule has 0 amide bonds. The highest BCUT2D eigenvalue weighted by atomic mass is 16.5. The third-order valence-corrected chi connectivity index (χ3v) is 9.60. The molecule has 0 spiro atoms. The fourth-order valence-electron chi connectivity index (χ4n) is 7.16. The summed E-state index contributed by atoms with van der Waals surface area (Å²) in [4.78, 5) is 14.7. The molecule has 2 unspecified atom stereocenters. The van der Waals surface area contributed by atoms with Gasteiger partial charge in [-0.15, -0.1) is 0 Å². The van der Waals surface area contributed by atoms with Gasteiger partial charge in [0.15, 0.2) is 0 Å². The monoisotopic (exact) mass is 560 g/mol. The minimum Gasteiger partial charge on any atom is -0.494 e. The van der Waals surface area contributed by atoms with Gasteiger partial charge in [-0.05, 0) is 49.7 Å². The van der Waals surface area contributed by atoms with Crippen LogP contribution in [0.3, 0.4) is 0 Å². The second kappa shape index (κ2) is 9.92. The summed E-state index contributed by atoms with van der Waals surface area (Å²) in [5.74, 6) is 2.63.